The standard InChI is InChI=1S/C15H22N2O5/c1-20-12-7-11(8-13(9-12)21-2)17-14(18)16-10-15(19)3-5-22-6-4-15/h7-9,19H,3-6,10H2,1-2H3,(H2,16,17,18). The summed E-state index contributed by atoms with van der Waals surface area (Å²) in [6.07, 6.45) is 1.03. The summed E-state index contributed by atoms with van der Waals surface area (Å²) in [4.78, 5) is 12.0. The largest absolute Gasteiger partial charge is 0.497 e. The van der Waals surface area contributed by atoms with E-state index in [1.54, 1.807) is 32.4 Å². The van der Waals surface area contributed by atoms with Gasteiger partial charge in [-0.2, -0.15) is 0 Å². The Bertz CT molecular complexity index is 492. The fourth-order valence-electron chi connectivity index (χ4n) is 2.23. The van der Waals surface area contributed by atoms with Crippen LogP contribution in [-0.4, -0.2) is 50.7 Å². The maximum Gasteiger partial charge on any atom is 0.319 e. The van der Waals surface area contributed by atoms with E-state index < -0.39 is 11.6 Å². The third-order valence-electron chi connectivity index (χ3n) is 3.61. The predicted octanol–water partition coefficient (Wildman–Crippen LogP) is 1.37. The molecule has 1 aromatic rings. The van der Waals surface area contributed by atoms with E-state index in [1.165, 1.54) is 0 Å². The summed E-state index contributed by atoms with van der Waals surface area (Å²) in [5.41, 5.74) is -0.352. The lowest BCUT2D eigenvalue weighted by molar-refractivity contribution is -0.0598. The molecule has 1 aromatic carbocycles. The van der Waals surface area contributed by atoms with Gasteiger partial charge in [0.1, 0.15) is 11.5 Å². The zero-order valence-corrected chi connectivity index (χ0v) is 12.8. The lowest BCUT2D eigenvalue weighted by atomic mass is 9.94. The number of rotatable bonds is 5. The normalized spacial score (nSPS) is 16.7. The molecule has 3 N–H and O–H groups in total. The second-order valence-electron chi connectivity index (χ2n) is 5.25. The van der Waals surface area contributed by atoms with Gasteiger partial charge >= 0.3 is 6.03 Å². The van der Waals surface area contributed by atoms with Crippen LogP contribution in [0.2, 0.25) is 0 Å². The lowest BCUT2D eigenvalue weighted by Gasteiger charge is -2.32. The lowest BCUT2D eigenvalue weighted by Crippen LogP contribution is -2.47. The molecule has 1 saturated heterocycles. The maximum atomic E-state index is 12.0. The van der Waals surface area contributed by atoms with E-state index in [0.29, 0.717) is 43.2 Å². The zero-order chi connectivity index (χ0) is 16.0. The van der Waals surface area contributed by atoms with E-state index in [2.05, 4.69) is 10.6 Å². The van der Waals surface area contributed by atoms with Gasteiger partial charge in [-0.15, -0.1) is 0 Å². The van der Waals surface area contributed by atoms with Crippen molar-refractivity contribution in [2.75, 3.05) is 39.3 Å². The Morgan fingerprint density at radius 1 is 1.23 bits per heavy atom. The minimum atomic E-state index is -0.901. The molecular weight excluding hydrogens is 288 g/mol. The predicted molar refractivity (Wildman–Crippen MR) is 81.6 cm³/mol. The number of carbonyl (C=O) groups excluding carboxylic acids is 1. The molecule has 2 amide bonds. The molecule has 1 aliphatic rings. The van der Waals surface area contributed by atoms with Gasteiger partial charge in [0.15, 0.2) is 0 Å². The van der Waals surface area contributed by atoms with Gasteiger partial charge in [-0.05, 0) is 0 Å². The Kier molecular flexibility index (Phi) is 5.46. The van der Waals surface area contributed by atoms with Gasteiger partial charge in [-0.25, -0.2) is 4.79 Å². The third-order valence-corrected chi connectivity index (χ3v) is 3.61. The van der Waals surface area contributed by atoms with E-state index in [-0.39, 0.29) is 6.54 Å². The quantitative estimate of drug-likeness (QED) is 0.764. The highest BCUT2D eigenvalue weighted by atomic mass is 16.5. The number of methoxy groups -OCH3 is 2. The molecule has 0 saturated carbocycles. The third kappa shape index (κ3) is 4.51. The molecular formula is C15H22N2O5. The van der Waals surface area contributed by atoms with Gasteiger partial charge in [0.05, 0.1) is 19.8 Å². The summed E-state index contributed by atoms with van der Waals surface area (Å²) in [5, 5.41) is 15.7. The van der Waals surface area contributed by atoms with Crippen molar-refractivity contribution < 1.29 is 24.1 Å². The van der Waals surface area contributed by atoms with Crippen molar-refractivity contribution >= 4 is 11.7 Å². The van der Waals surface area contributed by atoms with Gasteiger partial charge in [0, 0.05) is 56.5 Å². The molecule has 0 aliphatic carbocycles. The van der Waals surface area contributed by atoms with Crippen LogP contribution in [0.4, 0.5) is 10.5 Å². The van der Waals surface area contributed by atoms with Crippen molar-refractivity contribution in [3.63, 3.8) is 0 Å². The molecule has 2 rings (SSSR count). The summed E-state index contributed by atoms with van der Waals surface area (Å²) in [6.45, 7) is 1.20. The number of benzene rings is 1. The molecule has 0 unspecified atom stereocenters. The Balaban J connectivity index is 1.91. The minimum absolute atomic E-state index is 0.184. The van der Waals surface area contributed by atoms with Crippen molar-refractivity contribution in [2.24, 2.45) is 0 Å². The number of amides is 2. The van der Waals surface area contributed by atoms with Gasteiger partial charge in [0.25, 0.3) is 0 Å². The first-order valence-corrected chi connectivity index (χ1v) is 7.13. The first-order chi connectivity index (χ1) is 10.5. The summed E-state index contributed by atoms with van der Waals surface area (Å²) in [5.74, 6) is 1.16. The van der Waals surface area contributed by atoms with Crippen LogP contribution in [0.25, 0.3) is 0 Å². The van der Waals surface area contributed by atoms with Crippen molar-refractivity contribution in [1.82, 2.24) is 5.32 Å². The molecule has 22 heavy (non-hydrogen) atoms. The number of ether oxygens (including phenoxy) is 3. The summed E-state index contributed by atoms with van der Waals surface area (Å²) in [6, 6.07) is 4.69. The monoisotopic (exact) mass is 310 g/mol. The molecule has 0 spiro atoms. The zero-order valence-electron chi connectivity index (χ0n) is 12.8. The summed E-state index contributed by atoms with van der Waals surface area (Å²) < 4.78 is 15.5. The van der Waals surface area contributed by atoms with E-state index in [1.807, 2.05) is 0 Å². The Morgan fingerprint density at radius 2 is 1.82 bits per heavy atom. The maximum absolute atomic E-state index is 12.0. The minimum Gasteiger partial charge on any atom is -0.497 e. The molecule has 1 heterocycles. The number of carbonyl (C=O) groups is 1. The number of nitrogens with one attached hydrogen (secondary N) is 2. The Labute approximate surface area is 129 Å². The second kappa shape index (κ2) is 7.33. The molecule has 122 valence electrons. The first kappa shape index (κ1) is 16.4. The van der Waals surface area contributed by atoms with E-state index >= 15 is 0 Å². The smallest absolute Gasteiger partial charge is 0.319 e. The molecule has 0 atom stereocenters. The first-order valence-electron chi connectivity index (χ1n) is 7.13. The van der Waals surface area contributed by atoms with Gasteiger partial charge in [0.2, 0.25) is 0 Å². The molecule has 7 heteroatoms. The average Bonchev–Trinajstić information content (AvgIpc) is 2.53. The Morgan fingerprint density at radius 3 is 2.36 bits per heavy atom. The van der Waals surface area contributed by atoms with Gasteiger partial charge < -0.3 is 30.0 Å². The van der Waals surface area contributed by atoms with E-state index in [9.17, 15) is 9.90 Å². The van der Waals surface area contributed by atoms with E-state index in [4.69, 9.17) is 14.2 Å². The highest BCUT2D eigenvalue weighted by molar-refractivity contribution is 5.89. The van der Waals surface area contributed by atoms with Crippen LogP contribution >= 0.6 is 0 Å². The van der Waals surface area contributed by atoms with Crippen LogP contribution in [0.5, 0.6) is 11.5 Å². The molecule has 1 fully saturated rings. The molecule has 7 nitrogen and oxygen atoms in total. The van der Waals surface area contributed by atoms with Crippen molar-refractivity contribution in [3.8, 4) is 11.5 Å². The summed E-state index contributed by atoms with van der Waals surface area (Å²) in [7, 11) is 3.08. The number of aliphatic hydroxyl groups is 1. The van der Waals surface area contributed by atoms with Crippen molar-refractivity contribution in [2.45, 2.75) is 18.4 Å². The molecule has 1 aliphatic heterocycles. The second-order valence-corrected chi connectivity index (χ2v) is 5.25. The number of hydrogen-bond donors (Lipinski definition) is 3. The topological polar surface area (TPSA) is 89.1 Å². The number of hydrogen-bond acceptors (Lipinski definition) is 5. The number of anilines is 1. The molecule has 0 aromatic heterocycles. The van der Waals surface area contributed by atoms with Crippen LogP contribution in [0, 0.1) is 0 Å². The van der Waals surface area contributed by atoms with Crippen molar-refractivity contribution in [1.29, 1.82) is 0 Å². The average molecular weight is 310 g/mol. The van der Waals surface area contributed by atoms with Crippen LogP contribution in [0.3, 0.4) is 0 Å². The highest BCUT2D eigenvalue weighted by Crippen LogP contribution is 2.25. The van der Waals surface area contributed by atoms with Crippen molar-refractivity contribution in [3.05, 3.63) is 18.2 Å². The van der Waals surface area contributed by atoms with Gasteiger partial charge in [-0.1, -0.05) is 0 Å². The van der Waals surface area contributed by atoms with Gasteiger partial charge in [-0.3, -0.25) is 0 Å². The Hall–Kier alpha value is -1.99. The number of urea groups is 1. The SMILES string of the molecule is COc1cc(NC(=O)NCC2(O)CCOCC2)cc(OC)c1. The van der Waals surface area contributed by atoms with Crippen LogP contribution in [-0.2, 0) is 4.74 Å². The highest BCUT2D eigenvalue weighted by Gasteiger charge is 2.30. The fourth-order valence-corrected chi connectivity index (χ4v) is 2.23. The molecule has 0 radical (unpaired) electrons. The van der Waals surface area contributed by atoms with Crippen LogP contribution < -0.4 is 20.1 Å². The molecule has 0 bridgehead atoms. The fraction of sp³-hybridized carbons (Fsp3) is 0.533. The van der Waals surface area contributed by atoms with Crippen LogP contribution in [0.1, 0.15) is 12.8 Å². The van der Waals surface area contributed by atoms with E-state index in [0.717, 1.165) is 0 Å². The van der Waals surface area contributed by atoms with Crippen LogP contribution in [0.15, 0.2) is 18.2 Å². The summed E-state index contributed by atoms with van der Waals surface area (Å²) >= 11 is 0.